The first-order valence-corrected chi connectivity index (χ1v) is 9.47. The molecule has 1 atom stereocenters. The first-order chi connectivity index (χ1) is 12.8. The maximum absolute atomic E-state index is 12.5. The predicted molar refractivity (Wildman–Crippen MR) is 105 cm³/mol. The van der Waals surface area contributed by atoms with Crippen LogP contribution in [-0.2, 0) is 14.3 Å². The van der Waals surface area contributed by atoms with Gasteiger partial charge in [-0.05, 0) is 50.2 Å². The number of rotatable bonds is 8. The zero-order chi connectivity index (χ0) is 19.8. The van der Waals surface area contributed by atoms with Crippen molar-refractivity contribution in [1.29, 1.82) is 0 Å². The average molecular weight is 386 g/mol. The van der Waals surface area contributed by atoms with E-state index in [0.717, 1.165) is 11.8 Å². The quantitative estimate of drug-likeness (QED) is 0.486. The number of ether oxygens (including phenoxy) is 2. The van der Waals surface area contributed by atoms with E-state index in [0.29, 0.717) is 17.1 Å². The van der Waals surface area contributed by atoms with Gasteiger partial charge in [0.25, 0.3) is 0 Å². The van der Waals surface area contributed by atoms with Gasteiger partial charge in [-0.2, -0.15) is 0 Å². The Morgan fingerprint density at radius 2 is 1.52 bits per heavy atom. The van der Waals surface area contributed by atoms with Crippen molar-refractivity contribution in [3.63, 3.8) is 0 Å². The van der Waals surface area contributed by atoms with Crippen LogP contribution in [0.15, 0.2) is 54.6 Å². The Morgan fingerprint density at radius 3 is 2.07 bits per heavy atom. The Balaban J connectivity index is 2.04. The smallest absolute Gasteiger partial charge is 0.320 e. The number of esters is 1. The Labute approximate surface area is 163 Å². The minimum atomic E-state index is -0.849. The lowest BCUT2D eigenvalue weighted by Crippen LogP contribution is -2.27. The van der Waals surface area contributed by atoms with Crippen LogP contribution >= 0.6 is 11.8 Å². The second-order valence-corrected chi connectivity index (χ2v) is 7.53. The second kappa shape index (κ2) is 9.92. The lowest BCUT2D eigenvalue weighted by atomic mass is 10.1. The van der Waals surface area contributed by atoms with Crippen molar-refractivity contribution in [3.8, 4) is 11.5 Å². The van der Waals surface area contributed by atoms with Crippen molar-refractivity contribution in [2.45, 2.75) is 38.5 Å². The SMILES string of the molecule is CC(=O)SC(CC(=O)c1ccc(Oc2ccccc2)cc1)C(=O)OC(C)C. The highest BCUT2D eigenvalue weighted by Crippen LogP contribution is 2.24. The van der Waals surface area contributed by atoms with E-state index in [4.69, 9.17) is 9.47 Å². The molecule has 0 amide bonds. The van der Waals surface area contributed by atoms with Crippen molar-refractivity contribution >= 4 is 28.6 Å². The summed E-state index contributed by atoms with van der Waals surface area (Å²) in [5.74, 6) is 0.515. The van der Waals surface area contributed by atoms with Gasteiger partial charge in [-0.3, -0.25) is 14.4 Å². The molecule has 0 aliphatic heterocycles. The summed E-state index contributed by atoms with van der Waals surface area (Å²) in [5, 5.41) is -1.09. The Morgan fingerprint density at radius 1 is 0.926 bits per heavy atom. The molecule has 2 aromatic carbocycles. The van der Waals surface area contributed by atoms with Crippen LogP contribution < -0.4 is 4.74 Å². The van der Waals surface area contributed by atoms with Gasteiger partial charge in [0.1, 0.15) is 16.7 Å². The maximum Gasteiger partial charge on any atom is 0.320 e. The molecule has 6 heteroatoms. The number of para-hydroxylation sites is 1. The number of Topliss-reactive ketones (excluding diaryl/α,β-unsaturated/α-hetero) is 1. The lowest BCUT2D eigenvalue weighted by Gasteiger charge is -2.15. The van der Waals surface area contributed by atoms with E-state index >= 15 is 0 Å². The van der Waals surface area contributed by atoms with Gasteiger partial charge in [0, 0.05) is 18.9 Å². The van der Waals surface area contributed by atoms with Crippen LogP contribution in [0.4, 0.5) is 0 Å². The van der Waals surface area contributed by atoms with Crippen LogP contribution in [0.1, 0.15) is 37.6 Å². The van der Waals surface area contributed by atoms with Crippen LogP contribution in [0.25, 0.3) is 0 Å². The van der Waals surface area contributed by atoms with Gasteiger partial charge in [-0.1, -0.05) is 30.0 Å². The zero-order valence-corrected chi connectivity index (χ0v) is 16.3. The van der Waals surface area contributed by atoms with E-state index in [-0.39, 0.29) is 23.4 Å². The number of hydrogen-bond donors (Lipinski definition) is 0. The highest BCUT2D eigenvalue weighted by Gasteiger charge is 2.27. The molecule has 2 rings (SSSR count). The van der Waals surface area contributed by atoms with Crippen LogP contribution in [0.2, 0.25) is 0 Å². The van der Waals surface area contributed by atoms with Crippen molar-refractivity contribution in [3.05, 3.63) is 60.2 Å². The maximum atomic E-state index is 12.5. The summed E-state index contributed by atoms with van der Waals surface area (Å²) in [4.78, 5) is 36.1. The molecular formula is C21H22O5S. The van der Waals surface area contributed by atoms with Gasteiger partial charge in [-0.15, -0.1) is 0 Å². The van der Waals surface area contributed by atoms with E-state index < -0.39 is 11.2 Å². The predicted octanol–water partition coefficient (Wildman–Crippen LogP) is 4.65. The molecule has 1 unspecified atom stereocenters. The number of ketones is 1. The normalized spacial score (nSPS) is 11.7. The van der Waals surface area contributed by atoms with Crippen molar-refractivity contribution < 1.29 is 23.9 Å². The molecule has 0 aromatic heterocycles. The Hall–Kier alpha value is -2.60. The first-order valence-electron chi connectivity index (χ1n) is 8.59. The highest BCUT2D eigenvalue weighted by molar-refractivity contribution is 8.14. The minimum absolute atomic E-state index is 0.102. The van der Waals surface area contributed by atoms with E-state index in [9.17, 15) is 14.4 Å². The summed E-state index contributed by atoms with van der Waals surface area (Å²) in [6, 6.07) is 16.0. The van der Waals surface area contributed by atoms with Gasteiger partial charge in [0.15, 0.2) is 10.9 Å². The molecule has 5 nitrogen and oxygen atoms in total. The molecule has 2 aromatic rings. The number of hydrogen-bond acceptors (Lipinski definition) is 6. The van der Waals surface area contributed by atoms with Crippen molar-refractivity contribution in [2.75, 3.05) is 0 Å². The molecule has 0 bridgehead atoms. The van der Waals surface area contributed by atoms with Gasteiger partial charge in [0.2, 0.25) is 0 Å². The summed E-state index contributed by atoms with van der Waals surface area (Å²) in [5.41, 5.74) is 0.446. The molecule has 0 N–H and O–H groups in total. The molecule has 0 spiro atoms. The molecule has 0 aliphatic rings. The summed E-state index contributed by atoms with van der Waals surface area (Å²) in [6.07, 6.45) is -0.411. The third-order valence-corrected chi connectivity index (χ3v) is 4.42. The van der Waals surface area contributed by atoms with E-state index in [1.165, 1.54) is 6.92 Å². The topological polar surface area (TPSA) is 69.7 Å². The molecule has 0 radical (unpaired) electrons. The first kappa shape index (κ1) is 20.7. The number of carbonyl (C=O) groups is 3. The van der Waals surface area contributed by atoms with E-state index in [1.807, 2.05) is 30.3 Å². The van der Waals surface area contributed by atoms with Gasteiger partial charge in [-0.25, -0.2) is 0 Å². The molecule has 0 saturated carbocycles. The Kier molecular flexibility index (Phi) is 7.61. The molecule has 27 heavy (non-hydrogen) atoms. The molecule has 0 aliphatic carbocycles. The standard InChI is InChI=1S/C21H22O5S/c1-14(2)25-21(24)20(27-15(3)22)13-19(23)16-9-11-18(12-10-16)26-17-7-5-4-6-8-17/h4-12,14,20H,13H2,1-3H3. The second-order valence-electron chi connectivity index (χ2n) is 6.15. The molecular weight excluding hydrogens is 364 g/mol. The highest BCUT2D eigenvalue weighted by atomic mass is 32.2. The van der Waals surface area contributed by atoms with Gasteiger partial charge >= 0.3 is 5.97 Å². The third-order valence-electron chi connectivity index (χ3n) is 3.45. The van der Waals surface area contributed by atoms with Gasteiger partial charge in [0.05, 0.1) is 6.10 Å². The molecule has 0 heterocycles. The van der Waals surface area contributed by atoms with Crippen LogP contribution in [0, 0.1) is 0 Å². The summed E-state index contributed by atoms with van der Waals surface area (Å²) in [7, 11) is 0. The number of benzene rings is 2. The molecule has 142 valence electrons. The number of thioether (sulfide) groups is 1. The summed E-state index contributed by atoms with van der Waals surface area (Å²) in [6.45, 7) is 4.81. The van der Waals surface area contributed by atoms with Crippen LogP contribution in [0.5, 0.6) is 11.5 Å². The van der Waals surface area contributed by atoms with Gasteiger partial charge < -0.3 is 9.47 Å². The largest absolute Gasteiger partial charge is 0.462 e. The summed E-state index contributed by atoms with van der Waals surface area (Å²) < 4.78 is 10.8. The fourth-order valence-electron chi connectivity index (χ4n) is 2.30. The Bertz CT molecular complexity index is 784. The minimum Gasteiger partial charge on any atom is -0.462 e. The lowest BCUT2D eigenvalue weighted by molar-refractivity contribution is -0.146. The average Bonchev–Trinajstić information content (AvgIpc) is 2.61. The fourth-order valence-corrected chi connectivity index (χ4v) is 3.09. The monoisotopic (exact) mass is 386 g/mol. The fraction of sp³-hybridized carbons (Fsp3) is 0.286. The summed E-state index contributed by atoms with van der Waals surface area (Å²) >= 11 is 0.819. The van der Waals surface area contributed by atoms with E-state index in [2.05, 4.69) is 0 Å². The molecule has 0 saturated heterocycles. The number of carbonyl (C=O) groups excluding carboxylic acids is 3. The van der Waals surface area contributed by atoms with Crippen LogP contribution in [0.3, 0.4) is 0 Å². The van der Waals surface area contributed by atoms with Crippen molar-refractivity contribution in [1.82, 2.24) is 0 Å². The van der Waals surface area contributed by atoms with Crippen molar-refractivity contribution in [2.24, 2.45) is 0 Å². The zero-order valence-electron chi connectivity index (χ0n) is 15.5. The van der Waals surface area contributed by atoms with Crippen LogP contribution in [-0.4, -0.2) is 28.2 Å². The third kappa shape index (κ3) is 6.90. The van der Waals surface area contributed by atoms with E-state index in [1.54, 1.807) is 38.1 Å². The molecule has 0 fully saturated rings.